The minimum atomic E-state index is 0.0548. The van der Waals surface area contributed by atoms with Crippen molar-refractivity contribution < 1.29 is 9.53 Å². The van der Waals surface area contributed by atoms with Crippen LogP contribution in [0, 0.1) is 5.92 Å². The maximum absolute atomic E-state index is 12.1. The van der Waals surface area contributed by atoms with E-state index in [9.17, 15) is 4.79 Å². The summed E-state index contributed by atoms with van der Waals surface area (Å²) in [7, 11) is 0. The number of nitrogens with one attached hydrogen (secondary N) is 2. The van der Waals surface area contributed by atoms with Gasteiger partial charge in [-0.05, 0) is 64.0 Å². The molecule has 3 aliphatic rings. The molecule has 0 aliphatic carbocycles. The van der Waals surface area contributed by atoms with E-state index in [4.69, 9.17) is 4.74 Å². The molecule has 3 heterocycles. The first-order valence-corrected chi connectivity index (χ1v) is 9.16. The zero-order valence-electron chi connectivity index (χ0n) is 13.7. The predicted molar refractivity (Wildman–Crippen MR) is 86.8 cm³/mol. The molecule has 1 amide bonds. The highest BCUT2D eigenvalue weighted by Crippen LogP contribution is 2.19. The molecule has 0 aromatic rings. The Balaban J connectivity index is 1.33. The average Bonchev–Trinajstić information content (AvgIpc) is 3.24. The summed E-state index contributed by atoms with van der Waals surface area (Å²) in [5, 5.41) is 6.43. The van der Waals surface area contributed by atoms with Gasteiger partial charge in [-0.2, -0.15) is 0 Å². The Hall–Kier alpha value is -0.650. The van der Waals surface area contributed by atoms with Crippen molar-refractivity contribution in [2.75, 3.05) is 39.3 Å². The Kier molecular flexibility index (Phi) is 6.10. The summed E-state index contributed by atoms with van der Waals surface area (Å²) in [5.41, 5.74) is 0. The Morgan fingerprint density at radius 1 is 1.23 bits per heavy atom. The van der Waals surface area contributed by atoms with E-state index in [0.29, 0.717) is 12.0 Å². The van der Waals surface area contributed by atoms with Gasteiger partial charge in [-0.15, -0.1) is 0 Å². The zero-order chi connectivity index (χ0) is 15.2. The highest BCUT2D eigenvalue weighted by atomic mass is 16.5. The molecule has 0 spiro atoms. The molecule has 0 radical (unpaired) electrons. The SMILES string of the molecule is O=C(NCC1CCCN(CCC2CCCO2)C1)C1CCCN1. The van der Waals surface area contributed by atoms with Crippen LogP contribution in [0.1, 0.15) is 44.9 Å². The Morgan fingerprint density at radius 2 is 2.18 bits per heavy atom. The lowest BCUT2D eigenvalue weighted by atomic mass is 9.97. The molecule has 3 fully saturated rings. The van der Waals surface area contributed by atoms with Crippen molar-refractivity contribution in [1.29, 1.82) is 0 Å². The number of nitrogens with zero attached hydrogens (tertiary/aromatic N) is 1. The first kappa shape index (κ1) is 16.2. The Morgan fingerprint density at radius 3 is 2.95 bits per heavy atom. The Bertz CT molecular complexity index is 352. The monoisotopic (exact) mass is 309 g/mol. The lowest BCUT2D eigenvalue weighted by Crippen LogP contribution is -2.45. The summed E-state index contributed by atoms with van der Waals surface area (Å²) in [5.74, 6) is 0.817. The third kappa shape index (κ3) is 4.67. The molecule has 0 aromatic carbocycles. The molecule has 0 bridgehead atoms. The van der Waals surface area contributed by atoms with Gasteiger partial charge in [-0.3, -0.25) is 4.79 Å². The second-order valence-electron chi connectivity index (χ2n) is 7.13. The van der Waals surface area contributed by atoms with Crippen LogP contribution in [-0.2, 0) is 9.53 Å². The molecule has 3 aliphatic heterocycles. The van der Waals surface area contributed by atoms with Crippen molar-refractivity contribution in [2.45, 2.75) is 57.1 Å². The van der Waals surface area contributed by atoms with E-state index in [1.807, 2.05) is 0 Å². The van der Waals surface area contributed by atoms with Gasteiger partial charge >= 0.3 is 0 Å². The van der Waals surface area contributed by atoms with Crippen LogP contribution in [0.2, 0.25) is 0 Å². The van der Waals surface area contributed by atoms with Crippen LogP contribution in [0.15, 0.2) is 0 Å². The molecule has 5 heteroatoms. The van der Waals surface area contributed by atoms with E-state index in [1.165, 1.54) is 38.6 Å². The van der Waals surface area contributed by atoms with Gasteiger partial charge in [0.2, 0.25) is 5.91 Å². The number of carbonyl (C=O) groups is 1. The lowest BCUT2D eigenvalue weighted by molar-refractivity contribution is -0.123. The zero-order valence-corrected chi connectivity index (χ0v) is 13.7. The van der Waals surface area contributed by atoms with Crippen LogP contribution < -0.4 is 10.6 Å². The molecule has 126 valence electrons. The van der Waals surface area contributed by atoms with E-state index >= 15 is 0 Å². The number of hydrogen-bond acceptors (Lipinski definition) is 4. The van der Waals surface area contributed by atoms with Gasteiger partial charge in [0.1, 0.15) is 0 Å². The molecule has 3 saturated heterocycles. The number of amides is 1. The minimum absolute atomic E-state index is 0.0548. The normalized spacial score (nSPS) is 33.2. The molecule has 3 unspecified atom stereocenters. The van der Waals surface area contributed by atoms with Gasteiger partial charge in [0.15, 0.2) is 0 Å². The summed E-state index contributed by atoms with van der Waals surface area (Å²) in [6.07, 6.45) is 8.75. The predicted octanol–water partition coefficient (Wildman–Crippen LogP) is 1.14. The molecule has 5 nitrogen and oxygen atoms in total. The molecular weight excluding hydrogens is 278 g/mol. The van der Waals surface area contributed by atoms with Crippen molar-refractivity contribution in [3.05, 3.63) is 0 Å². The average molecular weight is 309 g/mol. The number of hydrogen-bond donors (Lipinski definition) is 2. The van der Waals surface area contributed by atoms with E-state index in [0.717, 1.165) is 45.6 Å². The molecule has 22 heavy (non-hydrogen) atoms. The van der Waals surface area contributed by atoms with Gasteiger partial charge in [0.25, 0.3) is 0 Å². The van der Waals surface area contributed by atoms with Crippen molar-refractivity contribution in [2.24, 2.45) is 5.92 Å². The highest BCUT2D eigenvalue weighted by molar-refractivity contribution is 5.81. The van der Waals surface area contributed by atoms with Gasteiger partial charge in [0, 0.05) is 26.2 Å². The molecule has 2 N–H and O–H groups in total. The van der Waals surface area contributed by atoms with E-state index in [-0.39, 0.29) is 11.9 Å². The second-order valence-corrected chi connectivity index (χ2v) is 7.13. The number of piperidine rings is 1. The highest BCUT2D eigenvalue weighted by Gasteiger charge is 2.25. The molecular formula is C17H31N3O2. The van der Waals surface area contributed by atoms with Gasteiger partial charge in [-0.1, -0.05) is 0 Å². The van der Waals surface area contributed by atoms with Gasteiger partial charge in [0.05, 0.1) is 12.1 Å². The van der Waals surface area contributed by atoms with Gasteiger partial charge < -0.3 is 20.3 Å². The fraction of sp³-hybridized carbons (Fsp3) is 0.941. The summed E-state index contributed by atoms with van der Waals surface area (Å²) in [6.45, 7) is 6.27. The number of rotatable bonds is 6. The first-order valence-electron chi connectivity index (χ1n) is 9.16. The third-order valence-electron chi connectivity index (χ3n) is 5.34. The first-order chi connectivity index (χ1) is 10.8. The van der Waals surface area contributed by atoms with E-state index < -0.39 is 0 Å². The number of ether oxygens (including phenoxy) is 1. The van der Waals surface area contributed by atoms with Crippen LogP contribution in [0.25, 0.3) is 0 Å². The molecule has 3 rings (SSSR count). The van der Waals surface area contributed by atoms with Crippen molar-refractivity contribution in [1.82, 2.24) is 15.5 Å². The number of carbonyl (C=O) groups excluding carboxylic acids is 1. The largest absolute Gasteiger partial charge is 0.378 e. The topological polar surface area (TPSA) is 53.6 Å². The molecule has 0 aromatic heterocycles. The van der Waals surface area contributed by atoms with E-state index in [2.05, 4.69) is 15.5 Å². The fourth-order valence-corrected chi connectivity index (χ4v) is 4.00. The van der Waals surface area contributed by atoms with Crippen molar-refractivity contribution in [3.63, 3.8) is 0 Å². The van der Waals surface area contributed by atoms with Crippen LogP contribution in [0.5, 0.6) is 0 Å². The molecule has 3 atom stereocenters. The van der Waals surface area contributed by atoms with Crippen LogP contribution >= 0.6 is 0 Å². The number of likely N-dealkylation sites (tertiary alicyclic amines) is 1. The molecule has 0 saturated carbocycles. The summed E-state index contributed by atoms with van der Waals surface area (Å²) in [6, 6.07) is 0.0548. The Labute approximate surface area is 134 Å². The lowest BCUT2D eigenvalue weighted by Gasteiger charge is -2.33. The summed E-state index contributed by atoms with van der Waals surface area (Å²) in [4.78, 5) is 14.6. The maximum atomic E-state index is 12.1. The summed E-state index contributed by atoms with van der Waals surface area (Å²) < 4.78 is 5.72. The smallest absolute Gasteiger partial charge is 0.237 e. The van der Waals surface area contributed by atoms with Crippen LogP contribution in [0.4, 0.5) is 0 Å². The van der Waals surface area contributed by atoms with E-state index in [1.54, 1.807) is 0 Å². The fourth-order valence-electron chi connectivity index (χ4n) is 4.00. The standard InChI is InChI=1S/C17H31N3O2/c21-17(16-6-1-8-18-16)19-12-14-4-2-9-20(13-14)10-7-15-5-3-11-22-15/h14-16,18H,1-13H2,(H,19,21). The summed E-state index contributed by atoms with van der Waals surface area (Å²) >= 11 is 0. The second kappa shape index (κ2) is 8.27. The van der Waals surface area contributed by atoms with Crippen LogP contribution in [-0.4, -0.2) is 62.3 Å². The maximum Gasteiger partial charge on any atom is 0.237 e. The van der Waals surface area contributed by atoms with Crippen molar-refractivity contribution >= 4 is 5.91 Å². The quantitative estimate of drug-likeness (QED) is 0.772. The minimum Gasteiger partial charge on any atom is -0.378 e. The van der Waals surface area contributed by atoms with Crippen LogP contribution in [0.3, 0.4) is 0 Å². The third-order valence-corrected chi connectivity index (χ3v) is 5.34. The van der Waals surface area contributed by atoms with Crippen molar-refractivity contribution in [3.8, 4) is 0 Å². The van der Waals surface area contributed by atoms with Gasteiger partial charge in [-0.25, -0.2) is 0 Å².